The van der Waals surface area contributed by atoms with E-state index in [1.165, 1.54) is 6.33 Å². The summed E-state index contributed by atoms with van der Waals surface area (Å²) in [5.41, 5.74) is 5.36. The Bertz CT molecular complexity index is 1370. The molecule has 3 aliphatic heterocycles. The van der Waals surface area contributed by atoms with E-state index >= 15 is 0 Å². The van der Waals surface area contributed by atoms with Crippen LogP contribution in [0.3, 0.4) is 0 Å². The average molecular weight is 768 g/mol. The fraction of sp³-hybridized carbons (Fsp3) is 0.765. The van der Waals surface area contributed by atoms with E-state index in [-0.39, 0.29) is 59.9 Å². The molecule has 8 N–H and O–H groups in total. The van der Waals surface area contributed by atoms with Gasteiger partial charge in [-0.2, -0.15) is 11.8 Å². The lowest BCUT2D eigenvalue weighted by molar-refractivity contribution is -0.122. The van der Waals surface area contributed by atoms with Gasteiger partial charge in [-0.15, -0.1) is 0 Å². The van der Waals surface area contributed by atoms with Crippen molar-refractivity contribution in [3.8, 4) is 0 Å². The molecule has 7 atom stereocenters. The quantitative estimate of drug-likeness (QED) is 0.0583. The molecule has 1 aromatic heterocycles. The number of primary amides is 1. The van der Waals surface area contributed by atoms with Crippen LogP contribution in [0.1, 0.15) is 82.4 Å². The Kier molecular flexibility index (Phi) is 17.4. The lowest BCUT2D eigenvalue weighted by Crippen LogP contribution is -2.38. The summed E-state index contributed by atoms with van der Waals surface area (Å²) in [6.45, 7) is 8.70. The van der Waals surface area contributed by atoms with Crippen LogP contribution in [0.4, 0.5) is 15.4 Å². The number of fused-ring (bicyclic) bond motifs is 1. The standard InChI is InChI=1S/C34H57N9O9S/c1-4-23-17-21(2)32(52-23)43-20-38-29(30(43)42-33(35)47)31(46)39-22(3)18-27(45)37-10-12-50-14-16-51-15-13-49-11-9-36-26(44)8-6-5-7-25-28-24(19-53-25)40-34(48)41-28/h20-25,28,32H,4-19H2,1-3H3,(H,36,44)(H,37,45)(H,39,46)(H3,35,42,47)(H2,40,41,48)/t21?,22-,23+,24+,25-,28+,32+/m0/s1. The molecular weight excluding hydrogens is 710 g/mol. The van der Waals surface area contributed by atoms with Crippen molar-refractivity contribution in [1.29, 1.82) is 0 Å². The van der Waals surface area contributed by atoms with Gasteiger partial charge in [0.2, 0.25) is 11.8 Å². The number of hydrogen-bond donors (Lipinski definition) is 7. The largest absolute Gasteiger partial charge is 0.377 e. The third-order valence-corrected chi connectivity index (χ3v) is 10.8. The molecule has 4 rings (SSSR count). The Hall–Kier alpha value is -3.65. The molecule has 3 aliphatic rings. The molecule has 1 unspecified atom stereocenters. The van der Waals surface area contributed by atoms with E-state index in [0.29, 0.717) is 64.4 Å². The number of nitrogens with one attached hydrogen (secondary N) is 6. The summed E-state index contributed by atoms with van der Waals surface area (Å²) in [7, 11) is 0. The normalized spacial score (nSPS) is 23.9. The van der Waals surface area contributed by atoms with Gasteiger partial charge < -0.3 is 51.3 Å². The molecule has 0 radical (unpaired) electrons. The topological polar surface area (TPSA) is 238 Å². The third kappa shape index (κ3) is 13.6. The molecular formula is C34H57N9O9S. The SMILES string of the molecule is CC[C@@H]1CC(C)[C@H](n2cnc(C(=O)N[C@@H](C)CC(=O)NCCOCCOCCOCCNC(=O)CCCC[C@@H]3SC[C@H]4NC(=O)N[C@@H]34)c2NC(N)=O)O1. The van der Waals surface area contributed by atoms with Gasteiger partial charge in [0.25, 0.3) is 5.91 Å². The number of rotatable bonds is 24. The summed E-state index contributed by atoms with van der Waals surface area (Å²) in [4.78, 5) is 65.0. The summed E-state index contributed by atoms with van der Waals surface area (Å²) >= 11 is 1.88. The Morgan fingerprint density at radius 3 is 2.38 bits per heavy atom. The van der Waals surface area contributed by atoms with Crippen molar-refractivity contribution >= 4 is 47.4 Å². The predicted molar refractivity (Wildman–Crippen MR) is 197 cm³/mol. The smallest absolute Gasteiger partial charge is 0.317 e. The van der Waals surface area contributed by atoms with Gasteiger partial charge >= 0.3 is 12.1 Å². The lowest BCUT2D eigenvalue weighted by atomic mass is 10.0. The molecule has 53 heavy (non-hydrogen) atoms. The molecule has 0 spiro atoms. The molecule has 7 amide bonds. The Morgan fingerprint density at radius 1 is 1.04 bits per heavy atom. The first kappa shape index (κ1) is 42.1. The minimum absolute atomic E-state index is 0.0102. The van der Waals surface area contributed by atoms with Gasteiger partial charge in [-0.25, -0.2) is 14.6 Å². The van der Waals surface area contributed by atoms with Gasteiger partial charge in [0.15, 0.2) is 5.69 Å². The number of carbonyl (C=O) groups excluding carboxylic acids is 5. The Morgan fingerprint density at radius 2 is 1.72 bits per heavy atom. The van der Waals surface area contributed by atoms with E-state index in [4.69, 9.17) is 24.7 Å². The van der Waals surface area contributed by atoms with Gasteiger partial charge in [-0.05, 0) is 32.6 Å². The van der Waals surface area contributed by atoms with E-state index in [0.717, 1.165) is 37.9 Å². The zero-order valence-corrected chi connectivity index (χ0v) is 31.8. The monoisotopic (exact) mass is 767 g/mol. The first-order valence-corrected chi connectivity index (χ1v) is 19.6. The molecule has 298 valence electrons. The van der Waals surface area contributed by atoms with Crippen molar-refractivity contribution in [3.63, 3.8) is 0 Å². The molecule has 0 aliphatic carbocycles. The summed E-state index contributed by atoms with van der Waals surface area (Å²) < 4.78 is 24.2. The predicted octanol–water partition coefficient (Wildman–Crippen LogP) is 1.22. The molecule has 3 saturated heterocycles. The fourth-order valence-corrected chi connectivity index (χ4v) is 8.15. The van der Waals surface area contributed by atoms with Crippen molar-refractivity contribution in [2.45, 2.75) is 101 Å². The second-order valence-corrected chi connectivity index (χ2v) is 14.9. The number of unbranched alkanes of at least 4 members (excludes halogenated alkanes) is 1. The van der Waals surface area contributed by atoms with Gasteiger partial charge in [-0.1, -0.05) is 20.3 Å². The highest BCUT2D eigenvalue weighted by atomic mass is 32.2. The van der Waals surface area contributed by atoms with Crippen LogP contribution in [-0.2, 0) is 28.5 Å². The second kappa shape index (κ2) is 21.9. The highest BCUT2D eigenvalue weighted by molar-refractivity contribution is 8.00. The summed E-state index contributed by atoms with van der Waals surface area (Å²) in [5.74, 6) is 0.414. The number of urea groups is 2. The van der Waals surface area contributed by atoms with Crippen molar-refractivity contribution in [2.24, 2.45) is 11.7 Å². The number of hydrogen-bond acceptors (Lipinski definition) is 11. The zero-order valence-electron chi connectivity index (χ0n) is 31.0. The first-order valence-electron chi connectivity index (χ1n) is 18.6. The van der Waals surface area contributed by atoms with Gasteiger partial charge in [0, 0.05) is 48.9 Å². The number of imidazole rings is 1. The van der Waals surface area contributed by atoms with Gasteiger partial charge in [0.1, 0.15) is 12.0 Å². The van der Waals surface area contributed by atoms with Crippen molar-refractivity contribution < 1.29 is 42.9 Å². The van der Waals surface area contributed by atoms with Crippen LogP contribution < -0.4 is 37.6 Å². The fourth-order valence-electron chi connectivity index (χ4n) is 6.60. The maximum Gasteiger partial charge on any atom is 0.317 e. The molecule has 1 aromatic rings. The first-order chi connectivity index (χ1) is 25.5. The third-order valence-electron chi connectivity index (χ3n) is 9.26. The Labute approximate surface area is 314 Å². The highest BCUT2D eigenvalue weighted by Crippen LogP contribution is 2.38. The van der Waals surface area contributed by atoms with E-state index in [1.54, 1.807) is 11.5 Å². The minimum Gasteiger partial charge on any atom is -0.377 e. The van der Waals surface area contributed by atoms with Gasteiger partial charge in [0.05, 0.1) is 64.2 Å². The molecule has 0 bridgehead atoms. The molecule has 0 saturated carbocycles. The number of nitrogens with zero attached hydrogens (tertiary/aromatic N) is 2. The van der Waals surface area contributed by atoms with Crippen LogP contribution in [0, 0.1) is 5.92 Å². The highest BCUT2D eigenvalue weighted by Gasteiger charge is 2.42. The zero-order chi connectivity index (χ0) is 38.2. The summed E-state index contributed by atoms with van der Waals surface area (Å²) in [5, 5.41) is 17.2. The minimum atomic E-state index is -0.834. The van der Waals surface area contributed by atoms with E-state index in [9.17, 15) is 24.0 Å². The number of aromatic nitrogens is 2. The molecule has 4 heterocycles. The maximum absolute atomic E-state index is 13.1. The van der Waals surface area contributed by atoms with Crippen LogP contribution in [0.2, 0.25) is 0 Å². The number of thioether (sulfide) groups is 1. The summed E-state index contributed by atoms with van der Waals surface area (Å²) in [6, 6.07) is -1.00. The van der Waals surface area contributed by atoms with Crippen molar-refractivity contribution in [2.75, 3.05) is 63.8 Å². The number of carbonyl (C=O) groups is 5. The van der Waals surface area contributed by atoms with Crippen LogP contribution in [0.25, 0.3) is 0 Å². The summed E-state index contributed by atoms with van der Waals surface area (Å²) in [6.07, 6.45) is 6.05. The van der Waals surface area contributed by atoms with Crippen LogP contribution >= 0.6 is 11.8 Å². The van der Waals surface area contributed by atoms with E-state index in [2.05, 4.69) is 36.9 Å². The van der Waals surface area contributed by atoms with Crippen molar-refractivity contribution in [3.05, 3.63) is 12.0 Å². The van der Waals surface area contributed by atoms with Crippen LogP contribution in [-0.4, -0.2) is 127 Å². The van der Waals surface area contributed by atoms with Crippen LogP contribution in [0.5, 0.6) is 0 Å². The number of nitrogens with two attached hydrogens (primary N) is 1. The van der Waals surface area contributed by atoms with Crippen LogP contribution in [0.15, 0.2) is 6.33 Å². The maximum atomic E-state index is 13.1. The molecule has 0 aromatic carbocycles. The van der Waals surface area contributed by atoms with Gasteiger partial charge in [-0.3, -0.25) is 24.3 Å². The average Bonchev–Trinajstić information content (AvgIpc) is 3.88. The molecule has 18 nitrogen and oxygen atoms in total. The molecule has 19 heteroatoms. The Balaban J connectivity index is 0.955. The van der Waals surface area contributed by atoms with E-state index in [1.807, 2.05) is 25.6 Å². The number of anilines is 1. The van der Waals surface area contributed by atoms with Crippen molar-refractivity contribution in [1.82, 2.24) is 36.1 Å². The van der Waals surface area contributed by atoms with E-state index < -0.39 is 24.2 Å². The number of ether oxygens (including phenoxy) is 4. The number of amides is 7. The lowest BCUT2D eigenvalue weighted by Gasteiger charge is -2.20. The molecule has 3 fully saturated rings. The second-order valence-electron chi connectivity index (χ2n) is 13.6.